The molecule has 1 aliphatic rings. The Morgan fingerprint density at radius 1 is 1.36 bits per heavy atom. The van der Waals surface area contributed by atoms with Crippen molar-refractivity contribution < 1.29 is 4.79 Å². The summed E-state index contributed by atoms with van der Waals surface area (Å²) in [6.07, 6.45) is 14.5. The van der Waals surface area contributed by atoms with Crippen LogP contribution in [0.1, 0.15) is 66.2 Å². The van der Waals surface area contributed by atoms with Gasteiger partial charge in [-0.25, -0.2) is 0 Å². The Hall–Kier alpha value is -1.65. The van der Waals surface area contributed by atoms with Gasteiger partial charge in [-0.1, -0.05) is 57.2 Å². The van der Waals surface area contributed by atoms with Gasteiger partial charge in [0.15, 0.2) is 0 Å². The second kappa shape index (κ2) is 9.73. The summed E-state index contributed by atoms with van der Waals surface area (Å²) in [4.78, 5) is 13.8. The van der Waals surface area contributed by atoms with Crippen LogP contribution in [0.3, 0.4) is 0 Å². The van der Waals surface area contributed by atoms with Crippen molar-refractivity contribution in [2.45, 2.75) is 57.5 Å². The van der Waals surface area contributed by atoms with E-state index in [-0.39, 0.29) is 18.0 Å². The smallest absolute Gasteiger partial charge is 0.253 e. The molecule has 3 N–H and O–H groups in total. The Kier molecular flexibility index (Phi) is 7.66. The number of allylic oxidation sites excluding steroid dienone is 2. The van der Waals surface area contributed by atoms with Gasteiger partial charge < -0.3 is 11.1 Å². The summed E-state index contributed by atoms with van der Waals surface area (Å²) in [5, 5.41) is 5.10. The maximum Gasteiger partial charge on any atom is 0.253 e. The fourth-order valence-corrected chi connectivity index (χ4v) is 4.42. The fourth-order valence-electron chi connectivity index (χ4n) is 3.53. The van der Waals surface area contributed by atoms with Gasteiger partial charge in [0.1, 0.15) is 0 Å². The topological polar surface area (TPSA) is 55.1 Å². The monoisotopic (exact) mass is 358 g/mol. The van der Waals surface area contributed by atoms with E-state index >= 15 is 0 Å². The van der Waals surface area contributed by atoms with Crippen LogP contribution >= 0.6 is 11.3 Å². The Morgan fingerprint density at radius 3 is 2.84 bits per heavy atom. The molecule has 0 radical (unpaired) electrons. The van der Waals surface area contributed by atoms with Crippen LogP contribution in [0.15, 0.2) is 30.7 Å². The van der Waals surface area contributed by atoms with Gasteiger partial charge in [0.05, 0.1) is 5.56 Å². The van der Waals surface area contributed by atoms with E-state index in [1.54, 1.807) is 12.2 Å². The van der Waals surface area contributed by atoms with E-state index in [0.29, 0.717) is 11.5 Å². The first-order chi connectivity index (χ1) is 12.1. The second-order valence-electron chi connectivity index (χ2n) is 6.69. The highest BCUT2D eigenvalue weighted by Crippen LogP contribution is 2.29. The molecule has 1 aliphatic carbocycles. The maximum atomic E-state index is 12.8. The molecule has 3 nitrogen and oxygen atoms in total. The molecule has 4 heteroatoms. The molecule has 0 saturated heterocycles. The van der Waals surface area contributed by atoms with Crippen LogP contribution in [0.25, 0.3) is 12.2 Å². The molecule has 1 saturated carbocycles. The van der Waals surface area contributed by atoms with Crippen molar-refractivity contribution in [1.29, 1.82) is 0 Å². The molecule has 0 aliphatic heterocycles. The predicted molar refractivity (Wildman–Crippen MR) is 110 cm³/mol. The maximum absolute atomic E-state index is 12.8. The number of nitrogens with two attached hydrogens (primary N) is 1. The molecule has 0 spiro atoms. The minimum Gasteiger partial charge on any atom is -0.347 e. The van der Waals surface area contributed by atoms with E-state index in [1.807, 2.05) is 5.38 Å². The second-order valence-corrected chi connectivity index (χ2v) is 7.60. The van der Waals surface area contributed by atoms with Crippen LogP contribution in [0.5, 0.6) is 0 Å². The number of nitrogens with one attached hydrogen (secondary N) is 1. The van der Waals surface area contributed by atoms with Gasteiger partial charge in [-0.15, -0.1) is 11.3 Å². The minimum absolute atomic E-state index is 0.0203. The van der Waals surface area contributed by atoms with E-state index in [0.717, 1.165) is 49.0 Å². The SMILES string of the molecule is C=Cc1scc(C(=O)N[C@@H]2C(N)CCCC2C/C=C\CCC)c1C=C. The van der Waals surface area contributed by atoms with E-state index in [4.69, 9.17) is 5.73 Å². The molecule has 0 bridgehead atoms. The molecule has 1 fully saturated rings. The molecule has 2 rings (SSSR count). The van der Waals surface area contributed by atoms with E-state index in [9.17, 15) is 4.79 Å². The van der Waals surface area contributed by atoms with Crippen LogP contribution in [0, 0.1) is 5.92 Å². The van der Waals surface area contributed by atoms with Gasteiger partial charge in [0, 0.05) is 27.9 Å². The van der Waals surface area contributed by atoms with Crippen molar-refractivity contribution in [3.63, 3.8) is 0 Å². The van der Waals surface area contributed by atoms with Crippen molar-refractivity contribution in [2.24, 2.45) is 11.7 Å². The van der Waals surface area contributed by atoms with Crippen molar-refractivity contribution in [3.8, 4) is 0 Å². The Labute approximate surface area is 155 Å². The van der Waals surface area contributed by atoms with Gasteiger partial charge in [-0.3, -0.25) is 4.79 Å². The molecule has 2 unspecified atom stereocenters. The third kappa shape index (κ3) is 4.93. The van der Waals surface area contributed by atoms with Gasteiger partial charge in [0.25, 0.3) is 5.91 Å². The fraction of sp³-hybridized carbons (Fsp3) is 0.476. The predicted octanol–water partition coefficient (Wildman–Crippen LogP) is 5.01. The van der Waals surface area contributed by atoms with Crippen molar-refractivity contribution in [2.75, 3.05) is 0 Å². The van der Waals surface area contributed by atoms with E-state index < -0.39 is 0 Å². The van der Waals surface area contributed by atoms with Gasteiger partial charge in [-0.2, -0.15) is 0 Å². The first-order valence-corrected chi connectivity index (χ1v) is 10.1. The largest absolute Gasteiger partial charge is 0.347 e. The van der Waals surface area contributed by atoms with E-state index in [2.05, 4.69) is 37.6 Å². The lowest BCUT2D eigenvalue weighted by atomic mass is 9.79. The number of hydrogen-bond acceptors (Lipinski definition) is 3. The summed E-state index contributed by atoms with van der Waals surface area (Å²) in [6, 6.07) is 0.0456. The lowest BCUT2D eigenvalue weighted by Crippen LogP contribution is -2.53. The molecule has 1 aromatic heterocycles. The first-order valence-electron chi connectivity index (χ1n) is 9.20. The van der Waals surface area contributed by atoms with Crippen molar-refractivity contribution >= 4 is 29.4 Å². The highest BCUT2D eigenvalue weighted by Gasteiger charge is 2.32. The number of carbonyl (C=O) groups is 1. The van der Waals surface area contributed by atoms with Crippen LogP contribution in [-0.4, -0.2) is 18.0 Å². The summed E-state index contributed by atoms with van der Waals surface area (Å²) in [7, 11) is 0. The van der Waals surface area contributed by atoms with Crippen LogP contribution < -0.4 is 11.1 Å². The first kappa shape index (κ1) is 19.7. The van der Waals surface area contributed by atoms with E-state index in [1.165, 1.54) is 11.3 Å². The zero-order chi connectivity index (χ0) is 18.2. The van der Waals surface area contributed by atoms with Gasteiger partial charge in [0.2, 0.25) is 0 Å². The lowest BCUT2D eigenvalue weighted by Gasteiger charge is -2.36. The molecule has 136 valence electrons. The summed E-state index contributed by atoms with van der Waals surface area (Å²) < 4.78 is 0. The lowest BCUT2D eigenvalue weighted by molar-refractivity contribution is 0.0895. The number of unbranched alkanes of at least 4 members (excludes halogenated alkanes) is 1. The summed E-state index contributed by atoms with van der Waals surface area (Å²) in [6.45, 7) is 9.82. The molecule has 1 heterocycles. The average Bonchev–Trinajstić information content (AvgIpc) is 3.04. The average molecular weight is 359 g/mol. The summed E-state index contributed by atoms with van der Waals surface area (Å²) >= 11 is 1.52. The number of rotatable bonds is 8. The molecular formula is C21H30N2OS. The van der Waals surface area contributed by atoms with Crippen molar-refractivity contribution in [3.05, 3.63) is 46.7 Å². The van der Waals surface area contributed by atoms with Crippen LogP contribution in [0.2, 0.25) is 0 Å². The van der Waals surface area contributed by atoms with Crippen molar-refractivity contribution in [1.82, 2.24) is 5.32 Å². The van der Waals surface area contributed by atoms with Gasteiger partial charge in [-0.05, 0) is 31.6 Å². The number of hydrogen-bond donors (Lipinski definition) is 2. The standard InChI is InChI=1S/C21H30N2OS/c1-4-7-8-9-11-15-12-10-13-18(22)20(15)23-21(24)17-14-25-19(6-3)16(17)5-2/h5-6,8-9,14-15,18,20H,2-4,7,10-13,22H2,1H3,(H,23,24)/b9-8-/t15?,18?,20-/m0/s1. The highest BCUT2D eigenvalue weighted by molar-refractivity contribution is 7.11. The normalized spacial score (nSPS) is 23.5. The molecule has 1 aromatic rings. The zero-order valence-corrected chi connectivity index (χ0v) is 16.0. The van der Waals surface area contributed by atoms with Gasteiger partial charge >= 0.3 is 0 Å². The quantitative estimate of drug-likeness (QED) is 0.642. The Balaban J connectivity index is 2.11. The zero-order valence-electron chi connectivity index (χ0n) is 15.2. The molecule has 25 heavy (non-hydrogen) atoms. The third-order valence-electron chi connectivity index (χ3n) is 4.93. The van der Waals surface area contributed by atoms with Crippen LogP contribution in [-0.2, 0) is 0 Å². The molecule has 1 amide bonds. The summed E-state index contributed by atoms with van der Waals surface area (Å²) in [5.41, 5.74) is 7.89. The highest BCUT2D eigenvalue weighted by atomic mass is 32.1. The van der Waals surface area contributed by atoms with Crippen LogP contribution in [0.4, 0.5) is 0 Å². The minimum atomic E-state index is -0.0517. The number of carbonyl (C=O) groups excluding carboxylic acids is 1. The number of thiophene rings is 1. The third-order valence-corrected chi connectivity index (χ3v) is 5.93. The molecule has 0 aromatic carbocycles. The molecular weight excluding hydrogens is 328 g/mol. The number of amides is 1. The Morgan fingerprint density at radius 2 is 2.16 bits per heavy atom. The Bertz CT molecular complexity index is 632. The molecule has 3 atom stereocenters. The summed E-state index contributed by atoms with van der Waals surface area (Å²) in [5.74, 6) is 0.356.